The molecule has 2 fully saturated rings. The summed E-state index contributed by atoms with van der Waals surface area (Å²) in [5, 5.41) is 6.80. The molecule has 0 spiro atoms. The Hall–Kier alpha value is -1.91. The van der Waals surface area contributed by atoms with E-state index in [9.17, 15) is 0 Å². The number of benzene rings is 1. The SMILES string of the molecule is CN=C(NCc1ccc(CN2CCCC2)cc1)NCc1ccc(N2CCN(C)CC2)nc1.I. The molecule has 0 saturated carbocycles. The third kappa shape index (κ3) is 7.82. The lowest BCUT2D eigenvalue weighted by Gasteiger charge is -2.33. The monoisotopic (exact) mass is 563 g/mol. The maximum Gasteiger partial charge on any atom is 0.191 e. The van der Waals surface area contributed by atoms with Crippen molar-refractivity contribution in [2.75, 3.05) is 58.3 Å². The molecule has 0 bridgehead atoms. The Balaban J connectivity index is 0.00000306. The van der Waals surface area contributed by atoms with Crippen molar-refractivity contribution in [2.24, 2.45) is 4.99 Å². The van der Waals surface area contributed by atoms with Crippen molar-refractivity contribution < 1.29 is 0 Å². The van der Waals surface area contributed by atoms with Gasteiger partial charge in [-0.1, -0.05) is 30.3 Å². The lowest BCUT2D eigenvalue weighted by atomic mass is 10.1. The third-order valence-corrected chi connectivity index (χ3v) is 6.41. The van der Waals surface area contributed by atoms with Crippen molar-refractivity contribution in [1.82, 2.24) is 25.4 Å². The molecule has 0 radical (unpaired) electrons. The molecule has 7 nitrogen and oxygen atoms in total. The fraction of sp³-hybridized carbons (Fsp3) is 0.520. The highest BCUT2D eigenvalue weighted by molar-refractivity contribution is 14.0. The fourth-order valence-corrected chi connectivity index (χ4v) is 4.30. The Kier molecular flexibility index (Phi) is 10.2. The molecule has 0 atom stereocenters. The van der Waals surface area contributed by atoms with Crippen LogP contribution in [-0.4, -0.2) is 74.1 Å². The average molecular weight is 564 g/mol. The minimum atomic E-state index is 0. The number of aliphatic imine (C=N–C) groups is 1. The van der Waals surface area contributed by atoms with Crippen molar-refractivity contribution >= 4 is 35.8 Å². The van der Waals surface area contributed by atoms with Crippen molar-refractivity contribution in [3.8, 4) is 0 Å². The van der Waals surface area contributed by atoms with E-state index in [2.05, 4.69) is 78.8 Å². The first kappa shape index (κ1) is 25.7. The summed E-state index contributed by atoms with van der Waals surface area (Å²) in [6.07, 6.45) is 4.64. The number of pyridine rings is 1. The van der Waals surface area contributed by atoms with Gasteiger partial charge in [0, 0.05) is 59.1 Å². The first-order valence-corrected chi connectivity index (χ1v) is 11.8. The van der Waals surface area contributed by atoms with Crippen LogP contribution in [0.5, 0.6) is 0 Å². The molecule has 2 saturated heterocycles. The zero-order valence-electron chi connectivity index (χ0n) is 20.0. The van der Waals surface area contributed by atoms with Crippen LogP contribution in [0.25, 0.3) is 0 Å². The quantitative estimate of drug-likeness (QED) is 0.307. The van der Waals surface area contributed by atoms with Crippen LogP contribution < -0.4 is 15.5 Å². The highest BCUT2D eigenvalue weighted by Crippen LogP contribution is 2.14. The van der Waals surface area contributed by atoms with E-state index in [4.69, 9.17) is 0 Å². The standard InChI is InChI=1S/C25H37N7.HI/c1-26-25(28-17-21-5-7-22(8-6-21)20-31-11-3-4-12-31)29-19-23-9-10-24(27-18-23)32-15-13-30(2)14-16-32;/h5-10,18H,3-4,11-17,19-20H2,1-2H3,(H2,26,28,29);1H. The summed E-state index contributed by atoms with van der Waals surface area (Å²) in [5.74, 6) is 1.87. The molecule has 8 heteroatoms. The summed E-state index contributed by atoms with van der Waals surface area (Å²) in [4.78, 5) is 16.3. The zero-order chi connectivity index (χ0) is 22.2. The fourth-order valence-electron chi connectivity index (χ4n) is 4.30. The summed E-state index contributed by atoms with van der Waals surface area (Å²) in [7, 11) is 3.98. The summed E-state index contributed by atoms with van der Waals surface area (Å²) >= 11 is 0. The largest absolute Gasteiger partial charge is 0.354 e. The number of nitrogens with zero attached hydrogens (tertiary/aromatic N) is 5. The molecule has 0 aliphatic carbocycles. The number of rotatable bonds is 7. The molecule has 2 aliphatic rings. The molecule has 2 aliphatic heterocycles. The zero-order valence-corrected chi connectivity index (χ0v) is 22.3. The first-order chi connectivity index (χ1) is 15.7. The van der Waals surface area contributed by atoms with E-state index in [1.807, 2.05) is 13.2 Å². The summed E-state index contributed by atoms with van der Waals surface area (Å²) in [5.41, 5.74) is 3.80. The number of hydrogen-bond acceptors (Lipinski definition) is 5. The van der Waals surface area contributed by atoms with E-state index in [0.717, 1.165) is 56.6 Å². The molecule has 33 heavy (non-hydrogen) atoms. The molecule has 3 heterocycles. The van der Waals surface area contributed by atoms with E-state index >= 15 is 0 Å². The molecule has 4 rings (SSSR count). The Morgan fingerprint density at radius 1 is 0.848 bits per heavy atom. The number of nitrogens with one attached hydrogen (secondary N) is 2. The Morgan fingerprint density at radius 2 is 1.45 bits per heavy atom. The maximum atomic E-state index is 4.67. The van der Waals surface area contributed by atoms with Gasteiger partial charge in [-0.25, -0.2) is 4.98 Å². The van der Waals surface area contributed by atoms with Gasteiger partial charge in [-0.3, -0.25) is 9.89 Å². The van der Waals surface area contributed by atoms with E-state index in [0.29, 0.717) is 6.54 Å². The van der Waals surface area contributed by atoms with E-state index < -0.39 is 0 Å². The van der Waals surface area contributed by atoms with Crippen LogP contribution in [0.15, 0.2) is 47.6 Å². The van der Waals surface area contributed by atoms with Gasteiger partial charge in [-0.05, 0) is 55.7 Å². The number of piperazine rings is 1. The number of halogens is 1. The second-order valence-electron chi connectivity index (χ2n) is 8.89. The summed E-state index contributed by atoms with van der Waals surface area (Å²) in [6, 6.07) is 13.2. The maximum absolute atomic E-state index is 4.67. The Labute approximate surface area is 215 Å². The van der Waals surface area contributed by atoms with Crippen LogP contribution in [0, 0.1) is 0 Å². The van der Waals surface area contributed by atoms with Gasteiger partial charge in [-0.15, -0.1) is 24.0 Å². The number of hydrogen-bond donors (Lipinski definition) is 2. The van der Waals surface area contributed by atoms with E-state index in [-0.39, 0.29) is 24.0 Å². The van der Waals surface area contributed by atoms with Crippen LogP contribution in [0.2, 0.25) is 0 Å². The molecule has 180 valence electrons. The van der Waals surface area contributed by atoms with Crippen LogP contribution >= 0.6 is 24.0 Å². The van der Waals surface area contributed by atoms with Crippen molar-refractivity contribution in [2.45, 2.75) is 32.5 Å². The van der Waals surface area contributed by atoms with Crippen LogP contribution in [0.1, 0.15) is 29.5 Å². The number of likely N-dealkylation sites (tertiary alicyclic amines) is 1. The van der Waals surface area contributed by atoms with Gasteiger partial charge in [0.25, 0.3) is 0 Å². The summed E-state index contributed by atoms with van der Waals surface area (Å²) < 4.78 is 0. The third-order valence-electron chi connectivity index (χ3n) is 6.41. The van der Waals surface area contributed by atoms with Crippen molar-refractivity contribution in [1.29, 1.82) is 0 Å². The number of aromatic nitrogens is 1. The van der Waals surface area contributed by atoms with Crippen molar-refractivity contribution in [3.05, 3.63) is 59.3 Å². The number of anilines is 1. The smallest absolute Gasteiger partial charge is 0.191 e. The molecule has 1 aromatic carbocycles. The van der Waals surface area contributed by atoms with Crippen LogP contribution in [-0.2, 0) is 19.6 Å². The lowest BCUT2D eigenvalue weighted by molar-refractivity contribution is 0.312. The molecule has 2 N–H and O–H groups in total. The minimum Gasteiger partial charge on any atom is -0.354 e. The molecular formula is C25H38IN7. The van der Waals surface area contributed by atoms with E-state index in [1.165, 1.54) is 37.1 Å². The van der Waals surface area contributed by atoms with Crippen LogP contribution in [0.3, 0.4) is 0 Å². The van der Waals surface area contributed by atoms with Crippen molar-refractivity contribution in [3.63, 3.8) is 0 Å². The van der Waals surface area contributed by atoms with E-state index in [1.54, 1.807) is 0 Å². The molecule has 2 aromatic rings. The van der Waals surface area contributed by atoms with Gasteiger partial charge in [0.05, 0.1) is 0 Å². The topological polar surface area (TPSA) is 59.0 Å². The average Bonchev–Trinajstić information content (AvgIpc) is 3.34. The molecule has 0 unspecified atom stereocenters. The molecular weight excluding hydrogens is 525 g/mol. The Bertz CT molecular complexity index is 855. The molecule has 0 amide bonds. The Morgan fingerprint density at radius 3 is 2.06 bits per heavy atom. The second-order valence-corrected chi connectivity index (χ2v) is 8.89. The van der Waals surface area contributed by atoms with Gasteiger partial charge >= 0.3 is 0 Å². The number of likely N-dealkylation sites (N-methyl/N-ethyl adjacent to an activating group) is 1. The summed E-state index contributed by atoms with van der Waals surface area (Å²) in [6.45, 7) is 9.25. The normalized spacial score (nSPS) is 17.6. The predicted octanol–water partition coefficient (Wildman–Crippen LogP) is 2.91. The first-order valence-electron chi connectivity index (χ1n) is 11.8. The molecule has 1 aromatic heterocycles. The number of guanidine groups is 1. The van der Waals surface area contributed by atoms with Gasteiger partial charge in [0.2, 0.25) is 0 Å². The second kappa shape index (κ2) is 13.1. The predicted molar refractivity (Wildman–Crippen MR) is 147 cm³/mol. The van der Waals surface area contributed by atoms with Crippen LogP contribution in [0.4, 0.5) is 5.82 Å². The van der Waals surface area contributed by atoms with Gasteiger partial charge in [-0.2, -0.15) is 0 Å². The van der Waals surface area contributed by atoms with Gasteiger partial charge < -0.3 is 20.4 Å². The lowest BCUT2D eigenvalue weighted by Crippen LogP contribution is -2.44. The van der Waals surface area contributed by atoms with Gasteiger partial charge in [0.15, 0.2) is 5.96 Å². The highest BCUT2D eigenvalue weighted by atomic mass is 127. The minimum absolute atomic E-state index is 0. The van der Waals surface area contributed by atoms with Gasteiger partial charge in [0.1, 0.15) is 5.82 Å². The highest BCUT2D eigenvalue weighted by Gasteiger charge is 2.15.